The molecule has 2 aliphatic rings. The van der Waals surface area contributed by atoms with E-state index in [1.54, 1.807) is 6.29 Å². The SMILES string of the molecule is C1=CC2[Te]C2[O+]=C1. The summed E-state index contributed by atoms with van der Waals surface area (Å²) in [6.45, 7) is 0. The van der Waals surface area contributed by atoms with Gasteiger partial charge in [-0.1, -0.05) is 0 Å². The van der Waals surface area contributed by atoms with Crippen LogP contribution in [0.4, 0.5) is 0 Å². The van der Waals surface area contributed by atoms with Crippen molar-refractivity contribution in [2.45, 2.75) is 8.12 Å². The van der Waals surface area contributed by atoms with Gasteiger partial charge in [0, 0.05) is 0 Å². The fourth-order valence-corrected chi connectivity index (χ4v) is 2.58. The maximum atomic E-state index is 5.20. The Bertz CT molecular complexity index is 123. The zero-order chi connectivity index (χ0) is 4.69. The Hall–Kier alpha value is 0.200. The molecule has 1 saturated heterocycles. The van der Waals surface area contributed by atoms with E-state index in [-0.39, 0.29) is 20.9 Å². The van der Waals surface area contributed by atoms with Crippen molar-refractivity contribution < 1.29 is 4.42 Å². The molecule has 36 valence electrons. The van der Waals surface area contributed by atoms with E-state index in [0.717, 1.165) is 3.97 Å². The number of rotatable bonds is 0. The second-order valence-corrected chi connectivity index (χ2v) is 5.28. The van der Waals surface area contributed by atoms with Crippen molar-refractivity contribution in [1.29, 1.82) is 0 Å². The van der Waals surface area contributed by atoms with Crippen LogP contribution in [0.15, 0.2) is 12.2 Å². The van der Waals surface area contributed by atoms with E-state index in [9.17, 15) is 0 Å². The second kappa shape index (κ2) is 1.34. The minimum absolute atomic E-state index is 0.282. The number of fused-ring (bicyclic) bond motifs is 1. The van der Waals surface area contributed by atoms with Gasteiger partial charge in [0.05, 0.1) is 0 Å². The van der Waals surface area contributed by atoms with Crippen LogP contribution >= 0.6 is 0 Å². The summed E-state index contributed by atoms with van der Waals surface area (Å²) in [4.78, 5) is 0. The molecule has 2 rings (SSSR count). The van der Waals surface area contributed by atoms with Crippen LogP contribution in [0.2, 0.25) is 3.97 Å². The molecule has 2 heteroatoms. The molecule has 2 unspecified atom stereocenters. The first-order valence-corrected chi connectivity index (χ1v) is 4.97. The van der Waals surface area contributed by atoms with E-state index in [4.69, 9.17) is 4.42 Å². The average Bonchev–Trinajstić information content (AvgIpc) is 2.41. The van der Waals surface area contributed by atoms with Crippen LogP contribution in [0.25, 0.3) is 0 Å². The fourth-order valence-electron chi connectivity index (χ4n) is 0.633. The molecule has 1 nitrogen and oxygen atoms in total. The molecule has 0 N–H and O–H groups in total. The molecular formula is C5H5OTe+. The first-order valence-electron chi connectivity index (χ1n) is 2.28. The first kappa shape index (κ1) is 4.12. The molecule has 0 spiro atoms. The number of allylic oxidation sites excluding steroid dienone is 1. The van der Waals surface area contributed by atoms with E-state index < -0.39 is 0 Å². The fraction of sp³-hybridized carbons (Fsp3) is 0.400. The van der Waals surface area contributed by atoms with E-state index >= 15 is 0 Å². The number of carbonyl (C=O) groups excluding carboxylic acids is 1. The van der Waals surface area contributed by atoms with Gasteiger partial charge >= 0.3 is 51.9 Å². The third kappa shape index (κ3) is 0.628. The minimum atomic E-state index is 0.282. The summed E-state index contributed by atoms with van der Waals surface area (Å²) in [5.41, 5.74) is 0. The third-order valence-corrected chi connectivity index (χ3v) is 4.15. The number of aldehydes is 1. The van der Waals surface area contributed by atoms with Gasteiger partial charge in [0.1, 0.15) is 0 Å². The van der Waals surface area contributed by atoms with Crippen LogP contribution in [-0.4, -0.2) is 31.4 Å². The van der Waals surface area contributed by atoms with E-state index in [1.807, 2.05) is 6.08 Å². The van der Waals surface area contributed by atoms with Crippen molar-refractivity contribution in [3.63, 3.8) is 0 Å². The monoisotopic (exact) mass is 211 g/mol. The topological polar surface area (TPSA) is 11.3 Å². The summed E-state index contributed by atoms with van der Waals surface area (Å²) >= 11 is 0.282. The van der Waals surface area contributed by atoms with E-state index in [1.165, 1.54) is 0 Å². The first-order chi connectivity index (χ1) is 3.47. The van der Waals surface area contributed by atoms with Gasteiger partial charge in [-0.15, -0.1) is 0 Å². The number of hydrogen-bond donors (Lipinski definition) is 0. The zero-order valence-corrected chi connectivity index (χ0v) is 6.03. The van der Waals surface area contributed by atoms with Gasteiger partial charge in [-0.05, 0) is 0 Å². The molecule has 0 amide bonds. The maximum absolute atomic E-state index is 5.20. The summed E-state index contributed by atoms with van der Waals surface area (Å²) in [7, 11) is 0. The summed E-state index contributed by atoms with van der Waals surface area (Å²) < 4.78 is 6.79. The van der Waals surface area contributed by atoms with Crippen molar-refractivity contribution in [3.8, 4) is 0 Å². The van der Waals surface area contributed by atoms with Crippen LogP contribution < -0.4 is 0 Å². The molecule has 0 aliphatic carbocycles. The Labute approximate surface area is 52.2 Å². The molecular weight excluding hydrogens is 204 g/mol. The van der Waals surface area contributed by atoms with Gasteiger partial charge in [0.25, 0.3) is 0 Å². The van der Waals surface area contributed by atoms with Crippen molar-refractivity contribution in [2.75, 3.05) is 0 Å². The Balaban J connectivity index is 2.28. The van der Waals surface area contributed by atoms with Gasteiger partial charge in [0.2, 0.25) is 0 Å². The third-order valence-electron chi connectivity index (χ3n) is 1.07. The molecule has 0 radical (unpaired) electrons. The van der Waals surface area contributed by atoms with E-state index in [2.05, 4.69) is 6.08 Å². The van der Waals surface area contributed by atoms with E-state index in [0.29, 0.717) is 4.15 Å². The average molecular weight is 209 g/mol. The Morgan fingerprint density at radius 3 is 3.14 bits per heavy atom. The molecule has 1 fully saturated rings. The Morgan fingerprint density at radius 1 is 1.57 bits per heavy atom. The van der Waals surface area contributed by atoms with Crippen molar-refractivity contribution in [3.05, 3.63) is 12.2 Å². The van der Waals surface area contributed by atoms with Crippen molar-refractivity contribution in [2.24, 2.45) is 0 Å². The van der Waals surface area contributed by atoms with Gasteiger partial charge in [-0.3, -0.25) is 0 Å². The molecule has 7 heavy (non-hydrogen) atoms. The summed E-state index contributed by atoms with van der Waals surface area (Å²) in [6.07, 6.45) is 6.08. The molecule has 0 aromatic heterocycles. The van der Waals surface area contributed by atoms with Gasteiger partial charge in [-0.25, -0.2) is 0 Å². The van der Waals surface area contributed by atoms with Gasteiger partial charge in [-0.2, -0.15) is 0 Å². The molecule has 0 saturated carbocycles. The predicted molar refractivity (Wildman–Crippen MR) is 28.5 cm³/mol. The predicted octanol–water partition coefficient (Wildman–Crippen LogP) is 0.123. The van der Waals surface area contributed by atoms with Crippen LogP contribution in [0.3, 0.4) is 0 Å². The van der Waals surface area contributed by atoms with Crippen molar-refractivity contribution in [1.82, 2.24) is 0 Å². The number of hydrogen-bond acceptors (Lipinski definition) is 0. The van der Waals surface area contributed by atoms with Crippen molar-refractivity contribution >= 4 is 27.2 Å². The molecule has 0 aromatic rings. The zero-order valence-electron chi connectivity index (χ0n) is 3.70. The van der Waals surface area contributed by atoms with Crippen LogP contribution in [0, 0.1) is 0 Å². The summed E-state index contributed by atoms with van der Waals surface area (Å²) in [5.74, 6) is 0. The summed E-state index contributed by atoms with van der Waals surface area (Å²) in [6, 6.07) is 0. The molecule has 2 heterocycles. The van der Waals surface area contributed by atoms with Crippen LogP contribution in [-0.2, 0) is 4.42 Å². The van der Waals surface area contributed by atoms with Crippen LogP contribution in [0.1, 0.15) is 0 Å². The quantitative estimate of drug-likeness (QED) is 0.305. The molecule has 2 atom stereocenters. The normalized spacial score (nSPS) is 43.4. The summed E-state index contributed by atoms with van der Waals surface area (Å²) in [5, 5.41) is 0. The molecule has 0 aromatic carbocycles. The molecule has 0 bridgehead atoms. The van der Waals surface area contributed by atoms with Crippen LogP contribution in [0.5, 0.6) is 0 Å². The Kier molecular flexibility index (Phi) is 0.786. The molecule has 2 aliphatic heterocycles. The van der Waals surface area contributed by atoms with Gasteiger partial charge < -0.3 is 0 Å². The second-order valence-electron chi connectivity index (χ2n) is 1.63. The Morgan fingerprint density at radius 2 is 2.57 bits per heavy atom. The van der Waals surface area contributed by atoms with Gasteiger partial charge in [0.15, 0.2) is 0 Å². The standard InChI is InChI=1S/C5H5OTe/c1-2-4-5(7-4)6-3-1/h1-5H/q+1.